The van der Waals surface area contributed by atoms with Crippen LogP contribution < -0.4 is 5.43 Å². The van der Waals surface area contributed by atoms with E-state index in [9.17, 15) is 9.18 Å². The van der Waals surface area contributed by atoms with Crippen LogP contribution in [-0.2, 0) is 0 Å². The molecule has 0 fully saturated rings. The molecular formula is C15H11ClFN3O2. The van der Waals surface area contributed by atoms with Gasteiger partial charge in [0, 0.05) is 16.1 Å². The third-order valence-corrected chi connectivity index (χ3v) is 2.90. The number of hydrogen-bond donors (Lipinski definition) is 2. The molecule has 0 radical (unpaired) electrons. The molecule has 0 atom stereocenters. The summed E-state index contributed by atoms with van der Waals surface area (Å²) in [4.78, 5) is 11.9. The Kier molecular flexibility index (Phi) is 5.21. The van der Waals surface area contributed by atoms with Gasteiger partial charge in [0.2, 0.25) is 0 Å². The first-order valence-electron chi connectivity index (χ1n) is 6.17. The van der Waals surface area contributed by atoms with Crippen molar-refractivity contribution in [1.82, 2.24) is 5.43 Å². The van der Waals surface area contributed by atoms with E-state index >= 15 is 0 Å². The molecule has 7 heteroatoms. The van der Waals surface area contributed by atoms with Gasteiger partial charge in [0.25, 0.3) is 5.91 Å². The Labute approximate surface area is 130 Å². The fourth-order valence-corrected chi connectivity index (χ4v) is 1.87. The molecule has 22 heavy (non-hydrogen) atoms. The van der Waals surface area contributed by atoms with E-state index in [4.69, 9.17) is 16.8 Å². The Bertz CT molecular complexity index is 747. The lowest BCUT2D eigenvalue weighted by Crippen LogP contribution is -2.20. The molecule has 0 aromatic heterocycles. The SMILES string of the molecule is O=C(NN=C(C=NO)c1cccc(Cl)c1)c1cccc(F)c1. The van der Waals surface area contributed by atoms with Crippen LogP contribution in [0.25, 0.3) is 0 Å². The minimum absolute atomic E-state index is 0.120. The van der Waals surface area contributed by atoms with Crippen LogP contribution in [0.5, 0.6) is 0 Å². The summed E-state index contributed by atoms with van der Waals surface area (Å²) >= 11 is 5.87. The highest BCUT2D eigenvalue weighted by Crippen LogP contribution is 2.11. The number of oxime groups is 1. The summed E-state index contributed by atoms with van der Waals surface area (Å²) in [7, 11) is 0. The zero-order valence-corrected chi connectivity index (χ0v) is 12.0. The van der Waals surface area contributed by atoms with E-state index in [1.165, 1.54) is 18.2 Å². The van der Waals surface area contributed by atoms with Crippen molar-refractivity contribution < 1.29 is 14.4 Å². The third kappa shape index (κ3) is 4.13. The summed E-state index contributed by atoms with van der Waals surface area (Å²) in [5.41, 5.74) is 3.12. The van der Waals surface area contributed by atoms with Gasteiger partial charge in [0.15, 0.2) is 0 Å². The molecule has 0 heterocycles. The van der Waals surface area contributed by atoms with Gasteiger partial charge in [0.05, 0.1) is 6.21 Å². The maximum atomic E-state index is 13.1. The lowest BCUT2D eigenvalue weighted by Gasteiger charge is -2.04. The average molecular weight is 320 g/mol. The second-order valence-corrected chi connectivity index (χ2v) is 4.64. The molecule has 0 aliphatic heterocycles. The van der Waals surface area contributed by atoms with Crippen LogP contribution in [-0.4, -0.2) is 23.0 Å². The molecule has 0 bridgehead atoms. The molecule has 2 N–H and O–H groups in total. The smallest absolute Gasteiger partial charge is 0.271 e. The van der Waals surface area contributed by atoms with Crippen LogP contribution >= 0.6 is 11.6 Å². The fraction of sp³-hybridized carbons (Fsp3) is 0. The van der Waals surface area contributed by atoms with Crippen LogP contribution in [0, 0.1) is 5.82 Å². The number of hydrazone groups is 1. The molecule has 1 amide bonds. The number of benzene rings is 2. The molecule has 0 aliphatic carbocycles. The van der Waals surface area contributed by atoms with Crippen molar-refractivity contribution in [3.63, 3.8) is 0 Å². The average Bonchev–Trinajstić information content (AvgIpc) is 2.51. The normalized spacial score (nSPS) is 11.6. The molecule has 0 saturated heterocycles. The molecule has 112 valence electrons. The van der Waals surface area contributed by atoms with E-state index in [1.807, 2.05) is 0 Å². The summed E-state index contributed by atoms with van der Waals surface area (Å²) in [6.45, 7) is 0. The molecule has 2 aromatic rings. The summed E-state index contributed by atoms with van der Waals surface area (Å²) in [5, 5.41) is 15.9. The van der Waals surface area contributed by atoms with E-state index in [0.717, 1.165) is 12.3 Å². The van der Waals surface area contributed by atoms with Gasteiger partial charge in [0.1, 0.15) is 11.5 Å². The Hall–Kier alpha value is -2.73. The highest BCUT2D eigenvalue weighted by Gasteiger charge is 2.07. The van der Waals surface area contributed by atoms with Gasteiger partial charge in [-0.05, 0) is 30.3 Å². The fourth-order valence-electron chi connectivity index (χ4n) is 1.68. The number of hydrogen-bond acceptors (Lipinski definition) is 4. The largest absolute Gasteiger partial charge is 0.411 e. The van der Waals surface area contributed by atoms with Crippen molar-refractivity contribution in [3.05, 3.63) is 70.5 Å². The van der Waals surface area contributed by atoms with Crippen LogP contribution in [0.3, 0.4) is 0 Å². The van der Waals surface area contributed by atoms with E-state index in [2.05, 4.69) is 15.7 Å². The van der Waals surface area contributed by atoms with Gasteiger partial charge in [-0.2, -0.15) is 5.10 Å². The second-order valence-electron chi connectivity index (χ2n) is 4.20. The molecular weight excluding hydrogens is 309 g/mol. The van der Waals surface area contributed by atoms with Crippen molar-refractivity contribution in [2.24, 2.45) is 10.3 Å². The highest BCUT2D eigenvalue weighted by molar-refractivity contribution is 6.39. The molecule has 0 spiro atoms. The lowest BCUT2D eigenvalue weighted by atomic mass is 10.1. The first-order valence-corrected chi connectivity index (χ1v) is 6.55. The molecule has 5 nitrogen and oxygen atoms in total. The van der Waals surface area contributed by atoms with E-state index < -0.39 is 11.7 Å². The van der Waals surface area contributed by atoms with E-state index in [1.54, 1.807) is 24.3 Å². The summed E-state index contributed by atoms with van der Waals surface area (Å²) in [5.74, 6) is -1.12. The number of halogens is 2. The number of nitrogens with one attached hydrogen (secondary N) is 1. The number of carbonyl (C=O) groups is 1. The summed E-state index contributed by atoms with van der Waals surface area (Å²) in [6.07, 6.45) is 1.05. The molecule has 0 aliphatic rings. The molecule has 0 unspecified atom stereocenters. The van der Waals surface area contributed by atoms with Crippen molar-refractivity contribution in [3.8, 4) is 0 Å². The molecule has 0 saturated carbocycles. The minimum atomic E-state index is -0.592. The number of nitrogens with zero attached hydrogens (tertiary/aromatic N) is 2. The molecule has 2 rings (SSSR count). The third-order valence-electron chi connectivity index (χ3n) is 2.67. The second kappa shape index (κ2) is 7.33. The van der Waals surface area contributed by atoms with Crippen molar-refractivity contribution in [1.29, 1.82) is 0 Å². The van der Waals surface area contributed by atoms with Gasteiger partial charge >= 0.3 is 0 Å². The Balaban J connectivity index is 2.22. The topological polar surface area (TPSA) is 74.0 Å². The lowest BCUT2D eigenvalue weighted by molar-refractivity contribution is 0.0954. The van der Waals surface area contributed by atoms with Gasteiger partial charge in [-0.1, -0.05) is 35.0 Å². The van der Waals surface area contributed by atoms with Gasteiger partial charge in [-0.25, -0.2) is 9.82 Å². The van der Waals surface area contributed by atoms with Crippen molar-refractivity contribution in [2.75, 3.05) is 0 Å². The molecule has 2 aromatic carbocycles. The standard InChI is InChI=1S/C15H11ClFN3O2/c16-12-5-1-3-10(7-12)14(9-18-22)19-20-15(21)11-4-2-6-13(17)8-11/h1-9,22H,(H,20,21). The van der Waals surface area contributed by atoms with E-state index in [-0.39, 0.29) is 11.3 Å². The zero-order chi connectivity index (χ0) is 15.9. The predicted molar refractivity (Wildman–Crippen MR) is 82.1 cm³/mol. The number of carbonyl (C=O) groups excluding carboxylic acids is 1. The number of amides is 1. The predicted octanol–water partition coefficient (Wildman–Crippen LogP) is 3.07. The zero-order valence-electron chi connectivity index (χ0n) is 11.2. The Morgan fingerprint density at radius 3 is 2.59 bits per heavy atom. The first-order chi connectivity index (χ1) is 10.6. The minimum Gasteiger partial charge on any atom is -0.411 e. The van der Waals surface area contributed by atoms with Crippen LogP contribution in [0.2, 0.25) is 5.02 Å². The summed E-state index contributed by atoms with van der Waals surface area (Å²) in [6, 6.07) is 11.8. The van der Waals surface area contributed by atoms with Crippen molar-refractivity contribution >= 4 is 29.4 Å². The van der Waals surface area contributed by atoms with Gasteiger partial charge in [-0.15, -0.1) is 0 Å². The highest BCUT2D eigenvalue weighted by atomic mass is 35.5. The quantitative estimate of drug-likeness (QED) is 0.516. The maximum Gasteiger partial charge on any atom is 0.271 e. The maximum absolute atomic E-state index is 13.1. The van der Waals surface area contributed by atoms with Crippen molar-refractivity contribution in [2.45, 2.75) is 0 Å². The van der Waals surface area contributed by atoms with Gasteiger partial charge in [-0.3, -0.25) is 4.79 Å². The van der Waals surface area contributed by atoms with Crippen LogP contribution in [0.4, 0.5) is 4.39 Å². The number of rotatable bonds is 4. The van der Waals surface area contributed by atoms with Crippen LogP contribution in [0.15, 0.2) is 58.8 Å². The monoisotopic (exact) mass is 319 g/mol. The Morgan fingerprint density at radius 2 is 1.91 bits per heavy atom. The first kappa shape index (κ1) is 15.7. The van der Waals surface area contributed by atoms with E-state index in [0.29, 0.717) is 10.6 Å². The summed E-state index contributed by atoms with van der Waals surface area (Å²) < 4.78 is 13.1. The van der Waals surface area contributed by atoms with Gasteiger partial charge < -0.3 is 5.21 Å². The Morgan fingerprint density at radius 1 is 1.18 bits per heavy atom. The van der Waals surface area contributed by atoms with Crippen LogP contribution in [0.1, 0.15) is 15.9 Å².